The van der Waals surface area contributed by atoms with Crippen LogP contribution in [0.15, 0.2) is 54.6 Å². The molecule has 2 aromatic rings. The topological polar surface area (TPSA) is 67.8 Å². The number of rotatable bonds is 8. The molecule has 0 aliphatic heterocycles. The maximum atomic E-state index is 12.1. The smallest absolute Gasteiger partial charge is 0.260 e. The molecule has 2 aromatic carbocycles. The molecule has 27 heavy (non-hydrogen) atoms. The third-order valence-corrected chi connectivity index (χ3v) is 4.10. The Labute approximate surface area is 161 Å². The summed E-state index contributed by atoms with van der Waals surface area (Å²) in [4.78, 5) is 12.1. The van der Waals surface area contributed by atoms with Gasteiger partial charge in [-0.1, -0.05) is 51.1 Å². The molecule has 0 radical (unpaired) electrons. The number of ether oxygens (including phenoxy) is 2. The van der Waals surface area contributed by atoms with Crippen LogP contribution in [0.3, 0.4) is 0 Å². The van der Waals surface area contributed by atoms with Crippen molar-refractivity contribution < 1.29 is 19.4 Å². The number of hydrogen-bond acceptors (Lipinski definition) is 4. The zero-order valence-electron chi connectivity index (χ0n) is 16.4. The summed E-state index contributed by atoms with van der Waals surface area (Å²) < 4.78 is 11.1. The van der Waals surface area contributed by atoms with Crippen molar-refractivity contribution in [2.24, 2.45) is 0 Å². The second kappa shape index (κ2) is 9.42. The zero-order chi connectivity index (χ0) is 19.9. The van der Waals surface area contributed by atoms with Gasteiger partial charge in [-0.2, -0.15) is 0 Å². The Kier molecular flexibility index (Phi) is 7.25. The molecule has 0 heterocycles. The first kappa shape index (κ1) is 20.8. The molecule has 0 aliphatic rings. The molecule has 0 aliphatic carbocycles. The lowest BCUT2D eigenvalue weighted by molar-refractivity contribution is -0.127. The van der Waals surface area contributed by atoms with Gasteiger partial charge in [0.05, 0.1) is 0 Å². The molecule has 2 atom stereocenters. The summed E-state index contributed by atoms with van der Waals surface area (Å²) in [5, 5.41) is 12.7. The lowest BCUT2D eigenvalue weighted by Gasteiger charge is -2.20. The van der Waals surface area contributed by atoms with Gasteiger partial charge in [-0.15, -0.1) is 0 Å². The van der Waals surface area contributed by atoms with E-state index >= 15 is 0 Å². The van der Waals surface area contributed by atoms with Gasteiger partial charge in [0.1, 0.15) is 24.2 Å². The van der Waals surface area contributed by atoms with Crippen LogP contribution in [0.1, 0.15) is 33.3 Å². The van der Waals surface area contributed by atoms with E-state index in [2.05, 4.69) is 26.1 Å². The molecule has 0 bridgehead atoms. The van der Waals surface area contributed by atoms with Crippen molar-refractivity contribution in [2.45, 2.75) is 45.3 Å². The highest BCUT2D eigenvalue weighted by Gasteiger charge is 2.16. The second-order valence-electron chi connectivity index (χ2n) is 7.56. The molecule has 0 unspecified atom stereocenters. The minimum atomic E-state index is -0.805. The van der Waals surface area contributed by atoms with Crippen LogP contribution in [-0.4, -0.2) is 36.4 Å². The van der Waals surface area contributed by atoms with Gasteiger partial charge in [-0.3, -0.25) is 4.79 Å². The lowest BCUT2D eigenvalue weighted by atomic mass is 9.87. The van der Waals surface area contributed by atoms with Crippen molar-refractivity contribution in [3.05, 3.63) is 60.2 Å². The number of nitrogens with one attached hydrogen (secondary N) is 1. The van der Waals surface area contributed by atoms with Crippen LogP contribution in [0.2, 0.25) is 0 Å². The monoisotopic (exact) mass is 371 g/mol. The largest absolute Gasteiger partial charge is 0.491 e. The predicted molar refractivity (Wildman–Crippen MR) is 106 cm³/mol. The van der Waals surface area contributed by atoms with Gasteiger partial charge in [0.2, 0.25) is 0 Å². The molecule has 0 saturated carbocycles. The van der Waals surface area contributed by atoms with Crippen LogP contribution in [0.4, 0.5) is 0 Å². The maximum Gasteiger partial charge on any atom is 0.260 e. The fourth-order valence-corrected chi connectivity index (χ4v) is 2.42. The highest BCUT2D eigenvalue weighted by molar-refractivity contribution is 5.80. The van der Waals surface area contributed by atoms with Gasteiger partial charge in [0.25, 0.3) is 5.91 Å². The first-order valence-electron chi connectivity index (χ1n) is 9.16. The number of amides is 1. The second-order valence-corrected chi connectivity index (χ2v) is 7.56. The van der Waals surface area contributed by atoms with E-state index in [4.69, 9.17) is 9.47 Å². The molecule has 5 heteroatoms. The van der Waals surface area contributed by atoms with Crippen molar-refractivity contribution in [2.75, 3.05) is 13.2 Å². The van der Waals surface area contributed by atoms with Crippen molar-refractivity contribution in [1.82, 2.24) is 5.32 Å². The van der Waals surface area contributed by atoms with Crippen LogP contribution in [0.5, 0.6) is 11.5 Å². The number of aliphatic hydroxyl groups excluding tert-OH is 1. The molecular weight excluding hydrogens is 342 g/mol. The van der Waals surface area contributed by atoms with Gasteiger partial charge in [0, 0.05) is 6.54 Å². The van der Waals surface area contributed by atoms with E-state index in [1.54, 1.807) is 19.1 Å². The summed E-state index contributed by atoms with van der Waals surface area (Å²) in [6.07, 6.45) is -1.45. The Bertz CT molecular complexity index is 707. The summed E-state index contributed by atoms with van der Waals surface area (Å²) in [5.41, 5.74) is 1.30. The SMILES string of the molecule is C[C@@H](Oc1ccccc1)C(=O)NC[C@@H](O)COc1ccc(C(C)(C)C)cc1. The standard InChI is InChI=1S/C22H29NO4/c1-16(27-20-8-6-5-7-9-20)21(25)23-14-18(24)15-26-19-12-10-17(11-13-19)22(2,3)4/h5-13,16,18,24H,14-15H2,1-4H3,(H,23,25)/t16-,18-/m1/s1. The summed E-state index contributed by atoms with van der Waals surface area (Å²) in [6.45, 7) is 8.32. The molecule has 146 valence electrons. The minimum absolute atomic E-state index is 0.0842. The third-order valence-electron chi connectivity index (χ3n) is 4.10. The molecule has 0 saturated heterocycles. The third kappa shape index (κ3) is 6.94. The van der Waals surface area contributed by atoms with Crippen LogP contribution < -0.4 is 14.8 Å². The Balaban J connectivity index is 1.72. The number of para-hydroxylation sites is 1. The number of aliphatic hydroxyl groups is 1. The normalized spacial score (nSPS) is 13.5. The van der Waals surface area contributed by atoms with Gasteiger partial charge < -0.3 is 19.9 Å². The fourth-order valence-electron chi connectivity index (χ4n) is 2.42. The number of hydrogen-bond donors (Lipinski definition) is 2. The zero-order valence-corrected chi connectivity index (χ0v) is 16.4. The first-order chi connectivity index (χ1) is 12.8. The van der Waals surface area contributed by atoms with E-state index in [1.807, 2.05) is 42.5 Å². The highest BCUT2D eigenvalue weighted by atomic mass is 16.5. The summed E-state index contributed by atoms with van der Waals surface area (Å²) in [6, 6.07) is 17.0. The number of carbonyl (C=O) groups is 1. The number of benzene rings is 2. The van der Waals surface area contributed by atoms with Gasteiger partial charge in [-0.05, 0) is 42.2 Å². The minimum Gasteiger partial charge on any atom is -0.491 e. The van der Waals surface area contributed by atoms with E-state index in [-0.39, 0.29) is 24.5 Å². The first-order valence-corrected chi connectivity index (χ1v) is 9.16. The Morgan fingerprint density at radius 1 is 1.04 bits per heavy atom. The number of carbonyl (C=O) groups excluding carboxylic acids is 1. The molecule has 0 fully saturated rings. The van der Waals surface area contributed by atoms with Crippen LogP contribution >= 0.6 is 0 Å². The Morgan fingerprint density at radius 3 is 2.26 bits per heavy atom. The summed E-state index contributed by atoms with van der Waals surface area (Å²) >= 11 is 0. The molecule has 0 spiro atoms. The van der Waals surface area contributed by atoms with Crippen LogP contribution in [0, 0.1) is 0 Å². The average molecular weight is 371 g/mol. The van der Waals surface area contributed by atoms with Gasteiger partial charge in [-0.25, -0.2) is 0 Å². The van der Waals surface area contributed by atoms with Crippen molar-refractivity contribution in [1.29, 1.82) is 0 Å². The summed E-state index contributed by atoms with van der Waals surface area (Å²) in [7, 11) is 0. The highest BCUT2D eigenvalue weighted by Crippen LogP contribution is 2.24. The maximum absolute atomic E-state index is 12.1. The van der Waals surface area contributed by atoms with Crippen molar-refractivity contribution in [3.63, 3.8) is 0 Å². The van der Waals surface area contributed by atoms with Crippen molar-refractivity contribution in [3.8, 4) is 11.5 Å². The average Bonchev–Trinajstić information content (AvgIpc) is 2.64. The molecule has 1 amide bonds. The molecule has 5 nitrogen and oxygen atoms in total. The van der Waals surface area contributed by atoms with E-state index in [1.165, 1.54) is 5.56 Å². The van der Waals surface area contributed by atoms with Crippen LogP contribution in [-0.2, 0) is 10.2 Å². The Morgan fingerprint density at radius 2 is 1.67 bits per heavy atom. The summed E-state index contributed by atoms with van der Waals surface area (Å²) in [5.74, 6) is 1.03. The van der Waals surface area contributed by atoms with Crippen LogP contribution in [0.25, 0.3) is 0 Å². The van der Waals surface area contributed by atoms with Crippen molar-refractivity contribution >= 4 is 5.91 Å². The fraction of sp³-hybridized carbons (Fsp3) is 0.409. The molecule has 0 aromatic heterocycles. The van der Waals surface area contributed by atoms with E-state index in [0.717, 1.165) is 0 Å². The quantitative estimate of drug-likeness (QED) is 0.747. The van der Waals surface area contributed by atoms with Gasteiger partial charge in [0.15, 0.2) is 6.10 Å². The predicted octanol–water partition coefficient (Wildman–Crippen LogP) is 3.31. The van der Waals surface area contributed by atoms with Gasteiger partial charge >= 0.3 is 0 Å². The van der Waals surface area contributed by atoms with E-state index in [9.17, 15) is 9.90 Å². The Hall–Kier alpha value is -2.53. The van der Waals surface area contributed by atoms with E-state index < -0.39 is 12.2 Å². The van der Waals surface area contributed by atoms with E-state index in [0.29, 0.717) is 11.5 Å². The lowest BCUT2D eigenvalue weighted by Crippen LogP contribution is -2.41. The molecule has 2 N–H and O–H groups in total. The molecule has 2 rings (SSSR count). The molecular formula is C22H29NO4.